The number of benzene rings is 2. The first-order valence-electron chi connectivity index (χ1n) is 9.97. The van der Waals surface area contributed by atoms with Crippen molar-refractivity contribution in [2.75, 3.05) is 0 Å². The molecule has 1 aromatic heterocycles. The molecule has 3 aromatic rings. The van der Waals surface area contributed by atoms with E-state index in [1.807, 2.05) is 0 Å². The van der Waals surface area contributed by atoms with Crippen molar-refractivity contribution in [3.8, 4) is 11.4 Å². The molecule has 0 spiro atoms. The van der Waals surface area contributed by atoms with Crippen LogP contribution in [0.2, 0.25) is 0 Å². The lowest BCUT2D eigenvalue weighted by molar-refractivity contribution is -0.661. The Hall–Kier alpha value is -2.22. The van der Waals surface area contributed by atoms with Crippen molar-refractivity contribution < 1.29 is 4.57 Å². The van der Waals surface area contributed by atoms with E-state index in [2.05, 4.69) is 96.6 Å². The third kappa shape index (κ3) is 4.05. The van der Waals surface area contributed by atoms with E-state index in [4.69, 9.17) is 4.98 Å². The zero-order valence-electron chi connectivity index (χ0n) is 18.1. The lowest BCUT2D eigenvalue weighted by Gasteiger charge is -2.21. The summed E-state index contributed by atoms with van der Waals surface area (Å²) < 4.78 is 2.18. The van der Waals surface area contributed by atoms with Crippen molar-refractivity contribution in [3.63, 3.8) is 0 Å². The van der Waals surface area contributed by atoms with Gasteiger partial charge in [0, 0.05) is 0 Å². The minimum absolute atomic E-state index is 0.119. The van der Waals surface area contributed by atoms with Crippen molar-refractivity contribution >= 4 is 10.9 Å². The minimum atomic E-state index is 0.119. The summed E-state index contributed by atoms with van der Waals surface area (Å²) >= 11 is 0. The third-order valence-corrected chi connectivity index (χ3v) is 5.40. The lowest BCUT2D eigenvalue weighted by Crippen LogP contribution is -2.32. The van der Waals surface area contributed by atoms with Crippen LogP contribution >= 0.6 is 0 Å². The smallest absolute Gasteiger partial charge is 0.232 e. The monoisotopic (exact) mass is 361 g/mol. The molecule has 3 rings (SSSR count). The fourth-order valence-electron chi connectivity index (χ4n) is 3.65. The molecule has 0 aliphatic carbocycles. The van der Waals surface area contributed by atoms with E-state index in [-0.39, 0.29) is 5.41 Å². The van der Waals surface area contributed by atoms with Gasteiger partial charge < -0.3 is 0 Å². The average Bonchev–Trinajstić information content (AvgIpc) is 2.55. The molecule has 0 aliphatic heterocycles. The molecule has 0 N–H and O–H groups in total. The Labute approximate surface area is 164 Å². The van der Waals surface area contributed by atoms with Gasteiger partial charge in [-0.15, -0.1) is 0 Å². The molecule has 0 unspecified atom stereocenters. The Kier molecular flexibility index (Phi) is 5.12. The number of aryl methyl sites for hydroxylation is 2. The number of aromatic nitrogens is 2. The molecule has 0 aliphatic rings. The highest BCUT2D eigenvalue weighted by Gasteiger charge is 2.23. The maximum Gasteiger partial charge on any atom is 0.331 e. The van der Waals surface area contributed by atoms with E-state index in [0.717, 1.165) is 17.8 Å². The van der Waals surface area contributed by atoms with Crippen LogP contribution in [0.5, 0.6) is 0 Å². The lowest BCUT2D eigenvalue weighted by atomic mass is 9.83. The van der Waals surface area contributed by atoms with Crippen LogP contribution in [0, 0.1) is 19.8 Å². The van der Waals surface area contributed by atoms with E-state index in [1.165, 1.54) is 33.2 Å². The Bertz CT molecular complexity index is 991. The summed E-state index contributed by atoms with van der Waals surface area (Å²) in [7, 11) is 2.11. The Morgan fingerprint density at radius 3 is 2.37 bits per heavy atom. The summed E-state index contributed by atoms with van der Waals surface area (Å²) in [6.45, 7) is 15.7. The van der Waals surface area contributed by atoms with Crippen LogP contribution in [0.4, 0.5) is 0 Å². The normalized spacial score (nSPS) is 12.2. The molecule has 2 aromatic carbocycles. The summed E-state index contributed by atoms with van der Waals surface area (Å²) in [6, 6.07) is 11.3. The van der Waals surface area contributed by atoms with Crippen LogP contribution in [0.3, 0.4) is 0 Å². The molecule has 0 saturated carbocycles. The number of nitrogens with zero attached hydrogens (tertiary/aromatic N) is 2. The van der Waals surface area contributed by atoms with Crippen LogP contribution in [-0.4, -0.2) is 4.98 Å². The summed E-state index contributed by atoms with van der Waals surface area (Å²) in [5.74, 6) is 1.69. The first-order valence-corrected chi connectivity index (χ1v) is 9.97. The van der Waals surface area contributed by atoms with Gasteiger partial charge >= 0.3 is 5.82 Å². The summed E-state index contributed by atoms with van der Waals surface area (Å²) in [5.41, 5.74) is 7.79. The van der Waals surface area contributed by atoms with Gasteiger partial charge in [0.25, 0.3) is 0 Å². The SMILES string of the molecule is Cc1cc(C(C)(C)C)cc(-c2nc3ccc(CC(C)C)cc3c[n+]2C)c1C. The standard InChI is InChI=1S/C25H33N2/c1-16(2)11-19-9-10-23-20(13-19)15-27(8)24(26-23)22-14-21(25(5,6)7)12-17(3)18(22)4/h9-10,12-16H,11H2,1-8H3/q+1. The minimum Gasteiger partial charge on any atom is -0.232 e. The van der Waals surface area contributed by atoms with Gasteiger partial charge in [-0.1, -0.05) is 46.8 Å². The largest absolute Gasteiger partial charge is 0.331 e. The molecule has 0 saturated heterocycles. The predicted octanol–water partition coefficient (Wildman–Crippen LogP) is 5.84. The topological polar surface area (TPSA) is 16.8 Å². The fourth-order valence-corrected chi connectivity index (χ4v) is 3.65. The Morgan fingerprint density at radius 1 is 1.04 bits per heavy atom. The second-order valence-electron chi connectivity index (χ2n) is 9.38. The van der Waals surface area contributed by atoms with E-state index >= 15 is 0 Å². The highest BCUT2D eigenvalue weighted by atomic mass is 15.0. The molecule has 0 amide bonds. The van der Waals surface area contributed by atoms with Gasteiger partial charge in [0.2, 0.25) is 0 Å². The second-order valence-corrected chi connectivity index (χ2v) is 9.38. The van der Waals surface area contributed by atoms with Crippen LogP contribution < -0.4 is 4.57 Å². The maximum atomic E-state index is 5.05. The molecule has 0 atom stereocenters. The third-order valence-electron chi connectivity index (χ3n) is 5.40. The van der Waals surface area contributed by atoms with Gasteiger partial charge in [0.05, 0.1) is 18.0 Å². The molecule has 2 nitrogen and oxygen atoms in total. The van der Waals surface area contributed by atoms with Gasteiger partial charge in [-0.2, -0.15) is 0 Å². The first kappa shape index (κ1) is 19.5. The molecule has 142 valence electrons. The van der Waals surface area contributed by atoms with Crippen LogP contribution in [0.25, 0.3) is 22.3 Å². The van der Waals surface area contributed by atoms with E-state index in [0.29, 0.717) is 5.92 Å². The fraction of sp³-hybridized carbons (Fsp3) is 0.440. The molecular weight excluding hydrogens is 328 g/mol. The first-order chi connectivity index (χ1) is 12.6. The Balaban J connectivity index is 2.17. The molecule has 1 heterocycles. The zero-order chi connectivity index (χ0) is 19.9. The van der Waals surface area contributed by atoms with Crippen molar-refractivity contribution in [3.05, 3.63) is 58.8 Å². The highest BCUT2D eigenvalue weighted by Crippen LogP contribution is 2.31. The Morgan fingerprint density at radius 2 is 1.74 bits per heavy atom. The summed E-state index contributed by atoms with van der Waals surface area (Å²) in [4.78, 5) is 5.05. The van der Waals surface area contributed by atoms with E-state index < -0.39 is 0 Å². The molecule has 0 bridgehead atoms. The highest BCUT2D eigenvalue weighted by molar-refractivity contribution is 5.79. The predicted molar refractivity (Wildman–Crippen MR) is 115 cm³/mol. The van der Waals surface area contributed by atoms with Gasteiger partial charge in [0.15, 0.2) is 5.52 Å². The van der Waals surface area contributed by atoms with E-state index in [1.54, 1.807) is 0 Å². The molecule has 2 heteroatoms. The molecular formula is C25H33N2+. The van der Waals surface area contributed by atoms with Crippen molar-refractivity contribution in [1.29, 1.82) is 0 Å². The van der Waals surface area contributed by atoms with Crippen molar-refractivity contribution in [1.82, 2.24) is 4.98 Å². The quantitative estimate of drug-likeness (QED) is 0.536. The van der Waals surface area contributed by atoms with Crippen LogP contribution in [0.1, 0.15) is 56.9 Å². The number of fused-ring (bicyclic) bond motifs is 1. The molecule has 27 heavy (non-hydrogen) atoms. The number of hydrogen-bond donors (Lipinski definition) is 0. The maximum absolute atomic E-state index is 5.05. The average molecular weight is 362 g/mol. The number of hydrogen-bond acceptors (Lipinski definition) is 1. The van der Waals surface area contributed by atoms with Gasteiger partial charge in [-0.3, -0.25) is 0 Å². The summed E-state index contributed by atoms with van der Waals surface area (Å²) in [6.07, 6.45) is 3.33. The second kappa shape index (κ2) is 7.07. The number of rotatable bonds is 3. The molecule has 0 radical (unpaired) electrons. The van der Waals surface area contributed by atoms with Crippen molar-refractivity contribution in [2.24, 2.45) is 13.0 Å². The molecule has 0 fully saturated rings. The summed E-state index contributed by atoms with van der Waals surface area (Å²) in [5, 5.41) is 1.21. The van der Waals surface area contributed by atoms with Crippen LogP contribution in [-0.2, 0) is 18.9 Å². The van der Waals surface area contributed by atoms with E-state index in [9.17, 15) is 0 Å². The van der Waals surface area contributed by atoms with Gasteiger partial charge in [-0.05, 0) is 77.0 Å². The van der Waals surface area contributed by atoms with Gasteiger partial charge in [0.1, 0.15) is 6.20 Å². The zero-order valence-corrected chi connectivity index (χ0v) is 18.1. The van der Waals surface area contributed by atoms with Crippen molar-refractivity contribution in [2.45, 2.75) is 60.3 Å². The van der Waals surface area contributed by atoms with Gasteiger partial charge in [-0.25, -0.2) is 4.57 Å². The van der Waals surface area contributed by atoms with Crippen LogP contribution in [0.15, 0.2) is 36.5 Å².